The number of rotatable bonds is 5. The van der Waals surface area contributed by atoms with Crippen LogP contribution in [0.15, 0.2) is 0 Å². The molecule has 8 heteroatoms. The SMILES string of the molecule is O=C[C@H](O)[C@@H](O)[C@H](O)[C@H](O)CO.[Mg+2].[O-2]. The van der Waals surface area contributed by atoms with Crippen LogP contribution in [-0.2, 0) is 10.3 Å². The fourth-order valence-electron chi connectivity index (χ4n) is 0.618. The van der Waals surface area contributed by atoms with Gasteiger partial charge in [0.05, 0.1) is 6.61 Å². The van der Waals surface area contributed by atoms with E-state index in [2.05, 4.69) is 0 Å². The summed E-state index contributed by atoms with van der Waals surface area (Å²) in [6.07, 6.45) is -6.84. The van der Waals surface area contributed by atoms with E-state index in [1.807, 2.05) is 0 Å². The Labute approximate surface area is 96.4 Å². The molecule has 0 heterocycles. The predicted octanol–water partition coefficient (Wildman–Crippen LogP) is -3.88. The Morgan fingerprint density at radius 1 is 1.07 bits per heavy atom. The van der Waals surface area contributed by atoms with Gasteiger partial charge in [0, 0.05) is 0 Å². The summed E-state index contributed by atoms with van der Waals surface area (Å²) < 4.78 is 0. The number of carbonyl (C=O) groups is 1. The van der Waals surface area contributed by atoms with E-state index in [0.717, 1.165) is 0 Å². The van der Waals surface area contributed by atoms with Crippen LogP contribution in [0.1, 0.15) is 0 Å². The van der Waals surface area contributed by atoms with Gasteiger partial charge < -0.3 is 35.8 Å². The predicted molar refractivity (Wildman–Crippen MR) is 43.6 cm³/mol. The van der Waals surface area contributed by atoms with Gasteiger partial charge in [-0.2, -0.15) is 0 Å². The first kappa shape index (κ1) is 19.7. The molecule has 0 rings (SSSR count). The van der Waals surface area contributed by atoms with Crippen molar-refractivity contribution in [3.05, 3.63) is 0 Å². The third kappa shape index (κ3) is 5.83. The topological polar surface area (TPSA) is 147 Å². The zero-order chi connectivity index (χ0) is 9.72. The van der Waals surface area contributed by atoms with E-state index in [9.17, 15) is 4.79 Å². The van der Waals surface area contributed by atoms with Crippen LogP contribution in [0, 0.1) is 0 Å². The van der Waals surface area contributed by atoms with Gasteiger partial charge in [-0.1, -0.05) is 0 Å². The molecular formula is C6H12MgO7. The second-order valence-corrected chi connectivity index (χ2v) is 2.36. The first-order valence-electron chi connectivity index (χ1n) is 3.33. The van der Waals surface area contributed by atoms with E-state index in [1.165, 1.54) is 0 Å². The summed E-state index contributed by atoms with van der Waals surface area (Å²) in [5.74, 6) is 0. The zero-order valence-corrected chi connectivity index (χ0v) is 8.77. The first-order valence-corrected chi connectivity index (χ1v) is 3.33. The van der Waals surface area contributed by atoms with Crippen molar-refractivity contribution < 1.29 is 35.8 Å². The number of hydrogen-bond acceptors (Lipinski definition) is 6. The zero-order valence-electron chi connectivity index (χ0n) is 7.35. The quantitative estimate of drug-likeness (QED) is 0.236. The maximum atomic E-state index is 9.90. The van der Waals surface area contributed by atoms with Crippen molar-refractivity contribution in [3.8, 4) is 0 Å². The molecule has 80 valence electrons. The van der Waals surface area contributed by atoms with E-state index >= 15 is 0 Å². The molecule has 0 saturated heterocycles. The second kappa shape index (κ2) is 9.74. The molecule has 14 heavy (non-hydrogen) atoms. The minimum Gasteiger partial charge on any atom is -2.00 e. The van der Waals surface area contributed by atoms with Crippen molar-refractivity contribution in [2.75, 3.05) is 6.61 Å². The molecule has 0 unspecified atom stereocenters. The van der Waals surface area contributed by atoms with Gasteiger partial charge >= 0.3 is 23.1 Å². The molecule has 0 aliphatic carbocycles. The molecule has 0 fully saturated rings. The summed E-state index contributed by atoms with van der Waals surface area (Å²) in [7, 11) is 0. The molecule has 5 N–H and O–H groups in total. The van der Waals surface area contributed by atoms with Gasteiger partial charge in [0.25, 0.3) is 0 Å². The normalized spacial score (nSPS) is 18.1. The summed E-state index contributed by atoms with van der Waals surface area (Å²) in [5.41, 5.74) is 0. The molecule has 7 nitrogen and oxygen atoms in total. The Morgan fingerprint density at radius 3 is 1.79 bits per heavy atom. The van der Waals surface area contributed by atoms with Gasteiger partial charge in [-0.3, -0.25) is 0 Å². The van der Waals surface area contributed by atoms with Crippen LogP contribution in [0.5, 0.6) is 0 Å². The van der Waals surface area contributed by atoms with Crippen LogP contribution in [0.4, 0.5) is 0 Å². The molecule has 0 aromatic carbocycles. The molecule has 0 spiro atoms. The average molecular weight is 220 g/mol. The Kier molecular flexibility index (Phi) is 13.7. The smallest absolute Gasteiger partial charge is 2.00 e. The van der Waals surface area contributed by atoms with Crippen molar-refractivity contribution in [2.45, 2.75) is 24.4 Å². The molecule has 0 aliphatic heterocycles. The molecule has 0 amide bonds. The maximum Gasteiger partial charge on any atom is 2.00 e. The van der Waals surface area contributed by atoms with Crippen molar-refractivity contribution in [1.29, 1.82) is 0 Å². The number of aldehydes is 1. The van der Waals surface area contributed by atoms with E-state index in [1.54, 1.807) is 0 Å². The second-order valence-electron chi connectivity index (χ2n) is 2.36. The molecule has 0 radical (unpaired) electrons. The van der Waals surface area contributed by atoms with Gasteiger partial charge in [0.1, 0.15) is 24.4 Å². The van der Waals surface area contributed by atoms with E-state index in [0.29, 0.717) is 0 Å². The number of aliphatic hydroxyl groups excluding tert-OH is 5. The Morgan fingerprint density at radius 2 is 1.50 bits per heavy atom. The van der Waals surface area contributed by atoms with Gasteiger partial charge in [-0.15, -0.1) is 0 Å². The first-order chi connectivity index (χ1) is 5.54. The van der Waals surface area contributed by atoms with Crippen LogP contribution in [0.3, 0.4) is 0 Å². The van der Waals surface area contributed by atoms with Crippen molar-refractivity contribution in [1.82, 2.24) is 0 Å². The monoisotopic (exact) mass is 220 g/mol. The standard InChI is InChI=1S/C6H12O6.Mg.O/c7-1-3(9)5(11)6(12)4(10)2-8;;/h1,3-6,8-12H,2H2;;/q;+2;-2/t3-,4+,5+,6+;;/m0../s1. The van der Waals surface area contributed by atoms with Crippen LogP contribution in [-0.4, -0.2) is 85.9 Å². The Hall–Kier alpha value is 0.196. The summed E-state index contributed by atoms with van der Waals surface area (Å²) in [6, 6.07) is 0. The van der Waals surface area contributed by atoms with Gasteiger partial charge in [-0.25, -0.2) is 0 Å². The minimum atomic E-state index is -1.79. The molecule has 4 atom stereocenters. The molecule has 0 aromatic heterocycles. The fourth-order valence-corrected chi connectivity index (χ4v) is 0.618. The van der Waals surface area contributed by atoms with E-state index in [4.69, 9.17) is 25.5 Å². The van der Waals surface area contributed by atoms with Gasteiger partial charge in [0.2, 0.25) is 0 Å². The van der Waals surface area contributed by atoms with Crippen molar-refractivity contribution in [3.63, 3.8) is 0 Å². The third-order valence-corrected chi connectivity index (χ3v) is 1.42. The van der Waals surface area contributed by atoms with E-state index in [-0.39, 0.29) is 34.8 Å². The molecule has 0 saturated carbocycles. The van der Waals surface area contributed by atoms with Crippen molar-refractivity contribution >= 4 is 29.3 Å². The molecular weight excluding hydrogens is 208 g/mol. The number of hydrogen-bond donors (Lipinski definition) is 5. The Balaban J connectivity index is -0.000000605. The average Bonchev–Trinajstić information content (AvgIpc) is 2.12. The minimum absolute atomic E-state index is 0. The van der Waals surface area contributed by atoms with Crippen LogP contribution in [0.2, 0.25) is 0 Å². The summed E-state index contributed by atoms with van der Waals surface area (Å²) in [6.45, 7) is -0.760. The van der Waals surface area contributed by atoms with Crippen LogP contribution >= 0.6 is 0 Å². The van der Waals surface area contributed by atoms with Crippen LogP contribution in [0.25, 0.3) is 0 Å². The van der Waals surface area contributed by atoms with E-state index < -0.39 is 31.0 Å². The molecule has 0 aliphatic rings. The van der Waals surface area contributed by atoms with Gasteiger partial charge in [-0.05, 0) is 0 Å². The molecule has 0 aromatic rings. The van der Waals surface area contributed by atoms with Crippen LogP contribution < -0.4 is 0 Å². The molecule has 0 bridgehead atoms. The van der Waals surface area contributed by atoms with Crippen molar-refractivity contribution in [2.24, 2.45) is 0 Å². The van der Waals surface area contributed by atoms with Gasteiger partial charge in [0.15, 0.2) is 6.29 Å². The summed E-state index contributed by atoms with van der Waals surface area (Å²) in [5, 5.41) is 43.5. The summed E-state index contributed by atoms with van der Waals surface area (Å²) >= 11 is 0. The maximum absolute atomic E-state index is 9.90. The summed E-state index contributed by atoms with van der Waals surface area (Å²) in [4.78, 5) is 9.90. The number of carbonyl (C=O) groups excluding carboxylic acids is 1. The number of aliphatic hydroxyl groups is 5. The fraction of sp³-hybridized carbons (Fsp3) is 0.833. The third-order valence-electron chi connectivity index (χ3n) is 1.42. The largest absolute Gasteiger partial charge is 2.00 e. The Bertz CT molecular complexity index is 144.